The maximum Gasteiger partial charge on any atom is 0.169 e. The van der Waals surface area contributed by atoms with Crippen LogP contribution in [0.5, 0.6) is 0 Å². The van der Waals surface area contributed by atoms with Gasteiger partial charge in [0.2, 0.25) is 0 Å². The fraction of sp³-hybridized carbons (Fsp3) is 0.429. The number of hydrogen-bond acceptors (Lipinski definition) is 3. The molecule has 2 aromatic heterocycles. The second kappa shape index (κ2) is 6.55. The number of likely N-dealkylation sites (N-methyl/N-ethyl adjacent to an activating group) is 1. The Balaban J connectivity index is 2.10. The Hall–Kier alpha value is -0.580. The lowest BCUT2D eigenvalue weighted by molar-refractivity contribution is 0.406. The molecule has 2 aromatic rings. The number of nitrogens with one attached hydrogen (secondary N) is 1. The molecule has 2 heterocycles. The highest BCUT2D eigenvalue weighted by Gasteiger charge is 2.16. The lowest BCUT2D eigenvalue weighted by Gasteiger charge is -2.14. The molecule has 0 aromatic carbocycles. The number of thiophene rings is 1. The highest BCUT2D eigenvalue weighted by atomic mass is 79.9. The Morgan fingerprint density at radius 1 is 1.22 bits per heavy atom. The molecule has 4 heteroatoms. The molecule has 0 aliphatic rings. The van der Waals surface area contributed by atoms with Crippen LogP contribution in [0.3, 0.4) is 0 Å². The van der Waals surface area contributed by atoms with Gasteiger partial charge in [-0.1, -0.05) is 13.8 Å². The predicted molar refractivity (Wildman–Crippen MR) is 80.2 cm³/mol. The summed E-state index contributed by atoms with van der Waals surface area (Å²) in [5, 5.41) is 3.48. The summed E-state index contributed by atoms with van der Waals surface area (Å²) in [6.45, 7) is 5.26. The van der Waals surface area contributed by atoms with E-state index in [4.69, 9.17) is 4.42 Å². The zero-order valence-electron chi connectivity index (χ0n) is 10.7. The summed E-state index contributed by atoms with van der Waals surface area (Å²) in [5.74, 6) is 0.996. The van der Waals surface area contributed by atoms with Crippen LogP contribution in [0.2, 0.25) is 0 Å². The molecule has 0 spiro atoms. The number of aryl methyl sites for hydroxylation is 1. The van der Waals surface area contributed by atoms with Crippen molar-refractivity contribution >= 4 is 27.3 Å². The largest absolute Gasteiger partial charge is 0.453 e. The van der Waals surface area contributed by atoms with E-state index in [0.29, 0.717) is 0 Å². The molecule has 2 nitrogen and oxygen atoms in total. The van der Waals surface area contributed by atoms with Crippen LogP contribution in [0, 0.1) is 0 Å². The molecule has 1 N–H and O–H groups in total. The van der Waals surface area contributed by atoms with Crippen molar-refractivity contribution in [2.24, 2.45) is 0 Å². The minimum absolute atomic E-state index is 0.254. The molecule has 0 aliphatic heterocycles. The summed E-state index contributed by atoms with van der Waals surface area (Å²) < 4.78 is 6.45. The van der Waals surface area contributed by atoms with Crippen molar-refractivity contribution in [1.82, 2.24) is 5.32 Å². The average Bonchev–Trinajstić information content (AvgIpc) is 2.97. The molecule has 18 heavy (non-hydrogen) atoms. The van der Waals surface area contributed by atoms with Crippen molar-refractivity contribution in [1.29, 1.82) is 0 Å². The lowest BCUT2D eigenvalue weighted by atomic mass is 10.1. The second-order valence-electron chi connectivity index (χ2n) is 4.18. The van der Waals surface area contributed by atoms with E-state index in [1.165, 1.54) is 9.75 Å². The summed E-state index contributed by atoms with van der Waals surface area (Å²) in [6.07, 6.45) is 2.10. The van der Waals surface area contributed by atoms with Gasteiger partial charge in [-0.25, -0.2) is 0 Å². The normalized spacial score (nSPS) is 12.8. The zero-order valence-corrected chi connectivity index (χ0v) is 13.1. The minimum atomic E-state index is 0.254. The first kappa shape index (κ1) is 13.8. The molecular weight excluding hydrogens is 310 g/mol. The van der Waals surface area contributed by atoms with Crippen molar-refractivity contribution in [3.8, 4) is 0 Å². The Morgan fingerprint density at radius 2 is 2.00 bits per heavy atom. The van der Waals surface area contributed by atoms with Gasteiger partial charge in [0.15, 0.2) is 4.67 Å². The van der Waals surface area contributed by atoms with Gasteiger partial charge in [0.25, 0.3) is 0 Å². The molecule has 0 saturated carbocycles. The molecule has 0 radical (unpaired) electrons. The van der Waals surface area contributed by atoms with E-state index < -0.39 is 0 Å². The van der Waals surface area contributed by atoms with Gasteiger partial charge >= 0.3 is 0 Å². The van der Waals surface area contributed by atoms with Crippen molar-refractivity contribution in [2.45, 2.75) is 32.7 Å². The van der Waals surface area contributed by atoms with Gasteiger partial charge < -0.3 is 9.73 Å². The van der Waals surface area contributed by atoms with E-state index in [-0.39, 0.29) is 6.04 Å². The molecule has 98 valence electrons. The Bertz CT molecular complexity index is 491. The van der Waals surface area contributed by atoms with Crippen molar-refractivity contribution in [3.63, 3.8) is 0 Å². The molecule has 0 amide bonds. The van der Waals surface area contributed by atoms with Gasteiger partial charge in [-0.2, -0.15) is 0 Å². The van der Waals surface area contributed by atoms with E-state index in [2.05, 4.69) is 47.2 Å². The van der Waals surface area contributed by atoms with Gasteiger partial charge in [0.1, 0.15) is 5.76 Å². The third kappa shape index (κ3) is 3.46. The Morgan fingerprint density at radius 3 is 2.56 bits per heavy atom. The Labute approximate surface area is 121 Å². The molecular formula is C14H18BrNOS. The number of rotatable bonds is 6. The molecule has 2 rings (SSSR count). The lowest BCUT2D eigenvalue weighted by Crippen LogP contribution is -2.22. The van der Waals surface area contributed by atoms with Gasteiger partial charge in [0, 0.05) is 16.2 Å². The highest BCUT2D eigenvalue weighted by Crippen LogP contribution is 2.26. The molecule has 0 fully saturated rings. The summed E-state index contributed by atoms with van der Waals surface area (Å²) in [7, 11) is 0. The first-order valence-corrected chi connectivity index (χ1v) is 7.90. The second-order valence-corrected chi connectivity index (χ2v) is 6.21. The van der Waals surface area contributed by atoms with Crippen LogP contribution in [0.1, 0.15) is 35.4 Å². The van der Waals surface area contributed by atoms with Gasteiger partial charge in [-0.05, 0) is 53.2 Å². The maximum atomic E-state index is 5.66. The topological polar surface area (TPSA) is 25.2 Å². The van der Waals surface area contributed by atoms with Crippen LogP contribution < -0.4 is 5.32 Å². The van der Waals surface area contributed by atoms with Crippen LogP contribution in [0.15, 0.2) is 33.4 Å². The van der Waals surface area contributed by atoms with E-state index in [0.717, 1.165) is 29.8 Å². The quantitative estimate of drug-likeness (QED) is 0.841. The average molecular weight is 328 g/mol. The summed E-state index contributed by atoms with van der Waals surface area (Å²) in [5.41, 5.74) is 0. The SMILES string of the molecule is CCNC(Cc1ccc(CC)s1)c1ccc(Br)o1. The van der Waals surface area contributed by atoms with Gasteiger partial charge in [-0.15, -0.1) is 11.3 Å². The fourth-order valence-electron chi connectivity index (χ4n) is 1.96. The van der Waals surface area contributed by atoms with Crippen LogP contribution in [-0.4, -0.2) is 6.54 Å². The third-order valence-corrected chi connectivity index (χ3v) is 4.54. The van der Waals surface area contributed by atoms with E-state index in [1.807, 2.05) is 23.5 Å². The zero-order chi connectivity index (χ0) is 13.0. The van der Waals surface area contributed by atoms with Crippen molar-refractivity contribution in [3.05, 3.63) is 44.4 Å². The van der Waals surface area contributed by atoms with Crippen LogP contribution in [0.4, 0.5) is 0 Å². The number of halogens is 1. The van der Waals surface area contributed by atoms with Crippen LogP contribution >= 0.6 is 27.3 Å². The molecule has 1 unspecified atom stereocenters. The third-order valence-electron chi connectivity index (χ3n) is 2.86. The molecule has 0 bridgehead atoms. The van der Waals surface area contributed by atoms with Crippen LogP contribution in [-0.2, 0) is 12.8 Å². The fourth-order valence-corrected chi connectivity index (χ4v) is 3.28. The molecule has 0 aliphatic carbocycles. The summed E-state index contributed by atoms with van der Waals surface area (Å²) >= 11 is 5.26. The maximum absolute atomic E-state index is 5.66. The molecule has 0 saturated heterocycles. The highest BCUT2D eigenvalue weighted by molar-refractivity contribution is 9.10. The standard InChI is InChI=1S/C14H18BrNOS/c1-3-10-5-6-11(18-10)9-12(16-4-2)13-7-8-14(15)17-13/h5-8,12,16H,3-4,9H2,1-2H3. The van der Waals surface area contributed by atoms with Gasteiger partial charge in [0.05, 0.1) is 6.04 Å². The number of hydrogen-bond donors (Lipinski definition) is 1. The molecule has 1 atom stereocenters. The summed E-state index contributed by atoms with van der Waals surface area (Å²) in [4.78, 5) is 2.85. The minimum Gasteiger partial charge on any atom is -0.453 e. The smallest absolute Gasteiger partial charge is 0.169 e. The van der Waals surface area contributed by atoms with Crippen molar-refractivity contribution in [2.75, 3.05) is 6.54 Å². The van der Waals surface area contributed by atoms with E-state index >= 15 is 0 Å². The Kier molecular flexibility index (Phi) is 5.03. The van der Waals surface area contributed by atoms with E-state index in [1.54, 1.807) is 0 Å². The monoisotopic (exact) mass is 327 g/mol. The van der Waals surface area contributed by atoms with Crippen molar-refractivity contribution < 1.29 is 4.42 Å². The first-order chi connectivity index (χ1) is 8.72. The first-order valence-electron chi connectivity index (χ1n) is 6.29. The predicted octanol–water partition coefficient (Wildman–Crippen LogP) is 4.56. The van der Waals surface area contributed by atoms with Gasteiger partial charge in [-0.3, -0.25) is 0 Å². The van der Waals surface area contributed by atoms with Crippen LogP contribution in [0.25, 0.3) is 0 Å². The summed E-state index contributed by atoms with van der Waals surface area (Å²) in [6, 6.07) is 8.69. The number of furan rings is 1. The van der Waals surface area contributed by atoms with E-state index in [9.17, 15) is 0 Å².